The predicted molar refractivity (Wildman–Crippen MR) is 67.4 cm³/mol. The number of aromatic nitrogens is 3. The first-order chi connectivity index (χ1) is 8.74. The third-order valence-electron chi connectivity index (χ3n) is 2.93. The molecular formula is C13H15N4O+. The average molecular weight is 243 g/mol. The van der Waals surface area contributed by atoms with Gasteiger partial charge in [-0.15, -0.1) is 9.36 Å². The van der Waals surface area contributed by atoms with Crippen molar-refractivity contribution in [3.05, 3.63) is 54.1 Å². The molecule has 0 unspecified atom stereocenters. The zero-order valence-corrected chi connectivity index (χ0v) is 10.1. The Morgan fingerprint density at radius 2 is 2.17 bits per heavy atom. The second-order valence-corrected chi connectivity index (χ2v) is 4.44. The number of benzene rings is 1. The van der Waals surface area contributed by atoms with Crippen molar-refractivity contribution in [2.24, 2.45) is 0 Å². The van der Waals surface area contributed by atoms with Crippen molar-refractivity contribution in [1.29, 1.82) is 0 Å². The van der Waals surface area contributed by atoms with E-state index in [1.807, 2.05) is 37.3 Å². The number of fused-ring (bicyclic) bond motifs is 1. The van der Waals surface area contributed by atoms with Crippen LogP contribution in [0, 0.1) is 0 Å². The molecule has 2 aromatic rings. The summed E-state index contributed by atoms with van der Waals surface area (Å²) in [5.74, 6) is 0.937. The Bertz CT molecular complexity index is 588. The third-order valence-corrected chi connectivity index (χ3v) is 2.93. The molecule has 1 aliphatic heterocycles. The Kier molecular flexibility index (Phi) is 2.51. The van der Waals surface area contributed by atoms with Crippen LogP contribution in [0.2, 0.25) is 0 Å². The van der Waals surface area contributed by atoms with Gasteiger partial charge in [-0.05, 0) is 23.7 Å². The molecule has 5 heteroatoms. The maximum absolute atomic E-state index is 10.0. The first-order valence-electron chi connectivity index (χ1n) is 5.93. The fourth-order valence-electron chi connectivity index (χ4n) is 2.14. The van der Waals surface area contributed by atoms with E-state index < -0.39 is 0 Å². The van der Waals surface area contributed by atoms with Gasteiger partial charge in [-0.1, -0.05) is 30.3 Å². The molecule has 0 radical (unpaired) electrons. The molecular weight excluding hydrogens is 228 g/mol. The van der Waals surface area contributed by atoms with Gasteiger partial charge in [0, 0.05) is 0 Å². The van der Waals surface area contributed by atoms with Crippen molar-refractivity contribution in [1.82, 2.24) is 9.77 Å². The van der Waals surface area contributed by atoms with Gasteiger partial charge in [0.05, 0.1) is 6.04 Å². The Morgan fingerprint density at radius 1 is 1.39 bits per heavy atom. The average Bonchev–Trinajstić information content (AvgIpc) is 2.73. The van der Waals surface area contributed by atoms with Gasteiger partial charge >= 0.3 is 5.82 Å². The number of rotatable bonds is 2. The molecule has 3 rings (SSSR count). The molecule has 92 valence electrons. The summed E-state index contributed by atoms with van der Waals surface area (Å²) in [7, 11) is 0. The van der Waals surface area contributed by atoms with Gasteiger partial charge in [0.1, 0.15) is 6.54 Å². The van der Waals surface area contributed by atoms with Crippen molar-refractivity contribution in [3.8, 4) is 0 Å². The van der Waals surface area contributed by atoms with E-state index in [9.17, 15) is 5.11 Å². The fourth-order valence-corrected chi connectivity index (χ4v) is 2.14. The zero-order chi connectivity index (χ0) is 12.5. The third kappa shape index (κ3) is 1.84. The van der Waals surface area contributed by atoms with E-state index >= 15 is 0 Å². The van der Waals surface area contributed by atoms with E-state index in [-0.39, 0.29) is 11.8 Å². The molecule has 2 heterocycles. The standard InChI is InChI=1S/C13H14N4O/c1-10-7-12(18)13-16(14-9-17(13)15-10)8-11-5-3-2-4-6-11/h2-7,9-10,15H,8H2,1H3/p+1/t10-/m0/s1. The Hall–Kier alpha value is -2.30. The van der Waals surface area contributed by atoms with E-state index in [0.717, 1.165) is 5.56 Å². The topological polar surface area (TPSA) is 54.0 Å². The van der Waals surface area contributed by atoms with Crippen molar-refractivity contribution in [2.45, 2.75) is 19.5 Å². The Morgan fingerprint density at radius 3 is 2.94 bits per heavy atom. The molecule has 1 aromatic carbocycles. The van der Waals surface area contributed by atoms with Crippen LogP contribution in [0.25, 0.3) is 5.76 Å². The fraction of sp³-hybridized carbons (Fsp3) is 0.231. The van der Waals surface area contributed by atoms with E-state index in [2.05, 4.69) is 10.5 Å². The minimum absolute atomic E-state index is 0.0943. The monoisotopic (exact) mass is 243 g/mol. The molecule has 5 nitrogen and oxygen atoms in total. The number of nitrogens with zero attached hydrogens (tertiary/aromatic N) is 3. The molecule has 1 atom stereocenters. The highest BCUT2D eigenvalue weighted by Gasteiger charge is 2.28. The molecule has 0 bridgehead atoms. The van der Waals surface area contributed by atoms with E-state index in [1.54, 1.807) is 21.8 Å². The molecule has 0 aliphatic carbocycles. The quantitative estimate of drug-likeness (QED) is 0.776. The smallest absolute Gasteiger partial charge is 0.369 e. The summed E-state index contributed by atoms with van der Waals surface area (Å²) < 4.78 is 3.53. The summed E-state index contributed by atoms with van der Waals surface area (Å²) in [6.45, 7) is 2.61. The van der Waals surface area contributed by atoms with Crippen molar-refractivity contribution >= 4 is 5.76 Å². The highest BCUT2D eigenvalue weighted by atomic mass is 16.3. The number of aliphatic hydroxyl groups is 1. The van der Waals surface area contributed by atoms with Crippen LogP contribution in [0.3, 0.4) is 0 Å². The van der Waals surface area contributed by atoms with Crippen molar-refractivity contribution in [2.75, 3.05) is 5.43 Å². The van der Waals surface area contributed by atoms with Gasteiger partial charge in [0.15, 0.2) is 0 Å². The van der Waals surface area contributed by atoms with Crippen LogP contribution in [0.15, 0.2) is 42.7 Å². The minimum Gasteiger partial charge on any atom is -0.501 e. The number of hydrogen-bond donors (Lipinski definition) is 2. The molecule has 2 N–H and O–H groups in total. The lowest BCUT2D eigenvalue weighted by Gasteiger charge is -2.13. The number of hydrogen-bond acceptors (Lipinski definition) is 3. The summed E-state index contributed by atoms with van der Waals surface area (Å²) in [6, 6.07) is 10.1. The van der Waals surface area contributed by atoms with E-state index in [0.29, 0.717) is 12.4 Å². The van der Waals surface area contributed by atoms with Crippen molar-refractivity contribution in [3.63, 3.8) is 0 Å². The number of nitrogens with one attached hydrogen (secondary N) is 1. The van der Waals surface area contributed by atoms with Gasteiger partial charge in [0.25, 0.3) is 0 Å². The minimum atomic E-state index is 0.0943. The molecule has 0 spiro atoms. The SMILES string of the molecule is C[C@H]1C=C(O)c2n(cn[n+]2Cc2ccccc2)N1. The molecule has 1 aromatic heterocycles. The highest BCUT2D eigenvalue weighted by Crippen LogP contribution is 2.12. The summed E-state index contributed by atoms with van der Waals surface area (Å²) in [5.41, 5.74) is 4.34. The number of aliphatic hydroxyl groups excluding tert-OH is 1. The second-order valence-electron chi connectivity index (χ2n) is 4.44. The summed E-state index contributed by atoms with van der Waals surface area (Å²) in [6.07, 6.45) is 3.45. The van der Waals surface area contributed by atoms with Crippen LogP contribution in [0.1, 0.15) is 18.3 Å². The lowest BCUT2D eigenvalue weighted by atomic mass is 10.2. The molecule has 1 aliphatic rings. The molecule has 0 amide bonds. The Balaban J connectivity index is 1.95. The second kappa shape index (κ2) is 4.18. The van der Waals surface area contributed by atoms with Gasteiger partial charge < -0.3 is 5.11 Å². The predicted octanol–water partition coefficient (Wildman–Crippen LogP) is 1.06. The lowest BCUT2D eigenvalue weighted by molar-refractivity contribution is -0.746. The molecule has 0 saturated carbocycles. The summed E-state index contributed by atoms with van der Waals surface area (Å²) in [5, 5.41) is 14.3. The molecule has 18 heavy (non-hydrogen) atoms. The van der Waals surface area contributed by atoms with E-state index in [4.69, 9.17) is 0 Å². The van der Waals surface area contributed by atoms with Crippen LogP contribution in [0.5, 0.6) is 0 Å². The van der Waals surface area contributed by atoms with Gasteiger partial charge in [-0.2, -0.15) is 0 Å². The van der Waals surface area contributed by atoms with Crippen LogP contribution in [-0.2, 0) is 6.54 Å². The van der Waals surface area contributed by atoms with Gasteiger partial charge in [-0.25, -0.2) is 5.43 Å². The van der Waals surface area contributed by atoms with Gasteiger partial charge in [0.2, 0.25) is 12.1 Å². The van der Waals surface area contributed by atoms with Crippen LogP contribution in [0.4, 0.5) is 0 Å². The normalized spacial score (nSPS) is 17.8. The van der Waals surface area contributed by atoms with E-state index in [1.165, 1.54) is 0 Å². The first kappa shape index (κ1) is 10.8. The maximum atomic E-state index is 10.0. The lowest BCUT2D eigenvalue weighted by Crippen LogP contribution is -2.43. The first-order valence-corrected chi connectivity index (χ1v) is 5.93. The molecule has 0 fully saturated rings. The largest absolute Gasteiger partial charge is 0.501 e. The summed E-state index contributed by atoms with van der Waals surface area (Å²) >= 11 is 0. The molecule has 0 saturated heterocycles. The van der Waals surface area contributed by atoms with Crippen LogP contribution >= 0.6 is 0 Å². The van der Waals surface area contributed by atoms with Crippen LogP contribution in [-0.4, -0.2) is 20.9 Å². The van der Waals surface area contributed by atoms with Crippen molar-refractivity contribution < 1.29 is 9.79 Å². The van der Waals surface area contributed by atoms with Gasteiger partial charge in [-0.3, -0.25) is 0 Å². The maximum Gasteiger partial charge on any atom is 0.369 e. The zero-order valence-electron chi connectivity index (χ0n) is 10.1. The summed E-state index contributed by atoms with van der Waals surface area (Å²) in [4.78, 5) is 0. The highest BCUT2D eigenvalue weighted by molar-refractivity contribution is 5.52. The Labute approximate surface area is 105 Å². The van der Waals surface area contributed by atoms with Crippen LogP contribution < -0.4 is 10.1 Å².